The second-order valence-electron chi connectivity index (χ2n) is 5.60. The van der Waals surface area contributed by atoms with Gasteiger partial charge in [0.05, 0.1) is 6.54 Å². The van der Waals surface area contributed by atoms with Crippen LogP contribution in [0.15, 0.2) is 54.6 Å². The molecule has 1 fully saturated rings. The van der Waals surface area contributed by atoms with E-state index in [1.807, 2.05) is 18.2 Å². The van der Waals surface area contributed by atoms with Gasteiger partial charge in [-0.05, 0) is 43.1 Å². The number of nitrogens with zero attached hydrogens (tertiary/aromatic N) is 1. The van der Waals surface area contributed by atoms with Gasteiger partial charge >= 0.3 is 0 Å². The summed E-state index contributed by atoms with van der Waals surface area (Å²) in [5, 5.41) is 2.76. The fourth-order valence-electron chi connectivity index (χ4n) is 3.02. The quantitative estimate of drug-likeness (QED) is 0.935. The van der Waals surface area contributed by atoms with E-state index in [2.05, 4.69) is 22.3 Å². The Labute approximate surface area is 129 Å². The second-order valence-corrected chi connectivity index (χ2v) is 5.60. The molecule has 4 heteroatoms. The van der Waals surface area contributed by atoms with Crippen molar-refractivity contribution in [3.8, 4) is 0 Å². The molecular formula is C18H19FN2O. The molecule has 1 atom stereocenters. The Morgan fingerprint density at radius 3 is 2.77 bits per heavy atom. The Balaban J connectivity index is 1.63. The first kappa shape index (κ1) is 14.7. The third kappa shape index (κ3) is 3.52. The predicted octanol–water partition coefficient (Wildman–Crippen LogP) is 3.60. The minimum atomic E-state index is -0.346. The van der Waals surface area contributed by atoms with Crippen LogP contribution in [-0.2, 0) is 4.79 Å². The molecule has 1 saturated heterocycles. The summed E-state index contributed by atoms with van der Waals surface area (Å²) in [5.41, 5.74) is 1.75. The lowest BCUT2D eigenvalue weighted by Crippen LogP contribution is -2.32. The molecule has 0 radical (unpaired) electrons. The van der Waals surface area contributed by atoms with Gasteiger partial charge in [0.2, 0.25) is 5.91 Å². The Morgan fingerprint density at radius 1 is 1.18 bits per heavy atom. The Bertz CT molecular complexity index is 645. The molecule has 2 aromatic carbocycles. The highest BCUT2D eigenvalue weighted by Crippen LogP contribution is 2.31. The van der Waals surface area contributed by atoms with Crippen molar-refractivity contribution in [3.63, 3.8) is 0 Å². The van der Waals surface area contributed by atoms with Gasteiger partial charge in [0.1, 0.15) is 5.82 Å². The molecule has 1 aliphatic heterocycles. The van der Waals surface area contributed by atoms with Crippen molar-refractivity contribution >= 4 is 11.6 Å². The van der Waals surface area contributed by atoms with E-state index in [0.29, 0.717) is 18.3 Å². The van der Waals surface area contributed by atoms with E-state index < -0.39 is 0 Å². The summed E-state index contributed by atoms with van der Waals surface area (Å²) in [6.07, 6.45) is 2.16. The minimum absolute atomic E-state index is 0.103. The van der Waals surface area contributed by atoms with Crippen LogP contribution in [0.5, 0.6) is 0 Å². The van der Waals surface area contributed by atoms with Gasteiger partial charge in [-0.3, -0.25) is 9.69 Å². The van der Waals surface area contributed by atoms with Crippen molar-refractivity contribution in [1.29, 1.82) is 0 Å². The zero-order valence-electron chi connectivity index (χ0n) is 12.3. The highest BCUT2D eigenvalue weighted by atomic mass is 19.1. The summed E-state index contributed by atoms with van der Waals surface area (Å²) in [7, 11) is 0. The van der Waals surface area contributed by atoms with Crippen LogP contribution in [0.2, 0.25) is 0 Å². The van der Waals surface area contributed by atoms with Crippen LogP contribution in [0, 0.1) is 5.82 Å². The lowest BCUT2D eigenvalue weighted by Gasteiger charge is -2.24. The van der Waals surface area contributed by atoms with Crippen molar-refractivity contribution < 1.29 is 9.18 Å². The number of carbonyl (C=O) groups is 1. The lowest BCUT2D eigenvalue weighted by atomic mass is 10.0. The molecule has 2 aromatic rings. The Hall–Kier alpha value is -2.20. The lowest BCUT2D eigenvalue weighted by molar-refractivity contribution is -0.117. The maximum absolute atomic E-state index is 13.1. The smallest absolute Gasteiger partial charge is 0.238 e. The zero-order chi connectivity index (χ0) is 15.4. The van der Waals surface area contributed by atoms with Gasteiger partial charge in [0.25, 0.3) is 0 Å². The fraction of sp³-hybridized carbons (Fsp3) is 0.278. The Morgan fingerprint density at radius 2 is 2.00 bits per heavy atom. The number of hydrogen-bond donors (Lipinski definition) is 1. The normalized spacial score (nSPS) is 18.3. The van der Waals surface area contributed by atoms with E-state index in [4.69, 9.17) is 0 Å². The van der Waals surface area contributed by atoms with Gasteiger partial charge in [-0.15, -0.1) is 0 Å². The molecule has 0 aromatic heterocycles. The molecule has 1 amide bonds. The number of nitrogens with one attached hydrogen (secondary N) is 1. The molecule has 3 rings (SSSR count). The standard InChI is InChI=1S/C18H19FN2O/c19-15-8-4-9-16(12-15)20-18(22)13-21-11-5-10-17(21)14-6-2-1-3-7-14/h1-4,6-9,12,17H,5,10-11,13H2,(H,20,22). The van der Waals surface area contributed by atoms with Crippen LogP contribution in [0.1, 0.15) is 24.4 Å². The van der Waals surface area contributed by atoms with E-state index in [0.717, 1.165) is 19.4 Å². The number of benzene rings is 2. The average molecular weight is 298 g/mol. The molecule has 1 unspecified atom stereocenters. The van der Waals surface area contributed by atoms with Gasteiger partial charge in [-0.2, -0.15) is 0 Å². The molecule has 1 N–H and O–H groups in total. The highest BCUT2D eigenvalue weighted by molar-refractivity contribution is 5.92. The summed E-state index contributed by atoms with van der Waals surface area (Å²) in [4.78, 5) is 14.4. The molecule has 0 bridgehead atoms. The molecule has 114 valence electrons. The number of amides is 1. The van der Waals surface area contributed by atoms with E-state index in [-0.39, 0.29) is 11.7 Å². The van der Waals surface area contributed by atoms with Crippen molar-refractivity contribution in [2.75, 3.05) is 18.4 Å². The number of likely N-dealkylation sites (tertiary alicyclic amines) is 1. The number of hydrogen-bond acceptors (Lipinski definition) is 2. The van der Waals surface area contributed by atoms with E-state index in [1.54, 1.807) is 12.1 Å². The van der Waals surface area contributed by atoms with Crippen LogP contribution in [0.25, 0.3) is 0 Å². The number of halogens is 1. The second kappa shape index (κ2) is 6.71. The molecule has 0 spiro atoms. The molecular weight excluding hydrogens is 279 g/mol. The molecule has 0 aliphatic carbocycles. The minimum Gasteiger partial charge on any atom is -0.325 e. The fourth-order valence-corrected chi connectivity index (χ4v) is 3.02. The molecule has 3 nitrogen and oxygen atoms in total. The van der Waals surface area contributed by atoms with Crippen LogP contribution in [-0.4, -0.2) is 23.9 Å². The SMILES string of the molecule is O=C(CN1CCCC1c1ccccc1)Nc1cccc(F)c1. The molecule has 22 heavy (non-hydrogen) atoms. The highest BCUT2D eigenvalue weighted by Gasteiger charge is 2.27. The maximum atomic E-state index is 13.1. The van der Waals surface area contributed by atoms with Crippen LogP contribution >= 0.6 is 0 Å². The summed E-state index contributed by atoms with van der Waals surface area (Å²) in [5.74, 6) is -0.449. The third-order valence-corrected chi connectivity index (χ3v) is 4.00. The van der Waals surface area contributed by atoms with Gasteiger partial charge in [-0.25, -0.2) is 4.39 Å². The molecule has 0 saturated carbocycles. The predicted molar refractivity (Wildman–Crippen MR) is 85.0 cm³/mol. The molecule has 1 heterocycles. The topological polar surface area (TPSA) is 32.3 Å². The number of rotatable bonds is 4. The molecule has 1 aliphatic rings. The summed E-state index contributed by atoms with van der Waals surface area (Å²) < 4.78 is 13.1. The first-order valence-electron chi connectivity index (χ1n) is 7.57. The summed E-state index contributed by atoms with van der Waals surface area (Å²) >= 11 is 0. The van der Waals surface area contributed by atoms with Crippen molar-refractivity contribution in [2.45, 2.75) is 18.9 Å². The van der Waals surface area contributed by atoms with Crippen molar-refractivity contribution in [3.05, 3.63) is 66.0 Å². The van der Waals surface area contributed by atoms with Gasteiger partial charge in [-0.1, -0.05) is 36.4 Å². The van der Waals surface area contributed by atoms with Gasteiger partial charge in [0, 0.05) is 11.7 Å². The van der Waals surface area contributed by atoms with Crippen LogP contribution < -0.4 is 5.32 Å². The largest absolute Gasteiger partial charge is 0.325 e. The summed E-state index contributed by atoms with van der Waals surface area (Å²) in [6.45, 7) is 1.24. The summed E-state index contributed by atoms with van der Waals surface area (Å²) in [6, 6.07) is 16.5. The average Bonchev–Trinajstić information content (AvgIpc) is 2.96. The Kier molecular flexibility index (Phi) is 4.49. The van der Waals surface area contributed by atoms with Crippen molar-refractivity contribution in [2.24, 2.45) is 0 Å². The van der Waals surface area contributed by atoms with E-state index >= 15 is 0 Å². The maximum Gasteiger partial charge on any atom is 0.238 e. The third-order valence-electron chi connectivity index (χ3n) is 4.00. The first-order valence-corrected chi connectivity index (χ1v) is 7.57. The van der Waals surface area contributed by atoms with Gasteiger partial charge in [0.15, 0.2) is 0 Å². The first-order chi connectivity index (χ1) is 10.7. The monoisotopic (exact) mass is 298 g/mol. The van der Waals surface area contributed by atoms with E-state index in [1.165, 1.54) is 17.7 Å². The van der Waals surface area contributed by atoms with Gasteiger partial charge < -0.3 is 5.32 Å². The number of carbonyl (C=O) groups excluding carboxylic acids is 1. The zero-order valence-corrected chi connectivity index (χ0v) is 12.3. The van der Waals surface area contributed by atoms with Crippen molar-refractivity contribution in [1.82, 2.24) is 4.90 Å². The van der Waals surface area contributed by atoms with E-state index in [9.17, 15) is 9.18 Å². The van der Waals surface area contributed by atoms with Crippen LogP contribution in [0.4, 0.5) is 10.1 Å². The van der Waals surface area contributed by atoms with Crippen LogP contribution in [0.3, 0.4) is 0 Å². The number of anilines is 1.